The molecule has 0 aliphatic heterocycles. The van der Waals surface area contributed by atoms with E-state index in [9.17, 15) is 0 Å². The number of fused-ring (bicyclic) bond motifs is 10. The molecule has 0 radical (unpaired) electrons. The van der Waals surface area contributed by atoms with Gasteiger partial charge in [0, 0.05) is 47.8 Å². The van der Waals surface area contributed by atoms with E-state index >= 15 is 0 Å². The Morgan fingerprint density at radius 3 is 1.68 bits per heavy atom. The molecule has 2 aromatic heterocycles. The molecule has 0 spiro atoms. The zero-order valence-corrected chi connectivity index (χ0v) is 31.3. The van der Waals surface area contributed by atoms with E-state index in [-0.39, 0.29) is 0 Å². The molecule has 9 aromatic carbocycles. The van der Waals surface area contributed by atoms with Crippen LogP contribution in [0.2, 0.25) is 0 Å². The van der Waals surface area contributed by atoms with Gasteiger partial charge in [0.1, 0.15) is 0 Å². The third-order valence-corrected chi connectivity index (χ3v) is 13.1. The standard InChI is InChI=1S/C54H33NS/c1-33-39-13-4-5-15-45(39)49-31-36(25-29-40(33)49)43-18-9-20-47-48-21-10-19-44(37-26-30-52-50(32-37)46-16-6-7-22-51(46)56-52)54(48)55(53(43)47)38-27-23-35(24-28-38)42-17-8-12-34-11-2-3-14-41(34)42/h2-32H,1H2. The van der Waals surface area contributed by atoms with E-state index in [0.29, 0.717) is 0 Å². The first kappa shape index (κ1) is 31.4. The summed E-state index contributed by atoms with van der Waals surface area (Å²) >= 11 is 1.87. The van der Waals surface area contributed by atoms with E-state index in [1.165, 1.54) is 108 Å². The SMILES string of the molecule is C=C1c2ccccc2-c2cc(-c3cccc4c5cccc(-c6ccc7sc8ccccc8c7c6)c5n(-c5ccc(-c6cccc7ccccc67)cc5)c34)ccc21. The Morgan fingerprint density at radius 2 is 0.875 bits per heavy atom. The lowest BCUT2D eigenvalue weighted by molar-refractivity contribution is 1.18. The highest BCUT2D eigenvalue weighted by molar-refractivity contribution is 7.25. The van der Waals surface area contributed by atoms with Gasteiger partial charge in [0.05, 0.1) is 11.0 Å². The second-order valence-corrected chi connectivity index (χ2v) is 16.0. The maximum atomic E-state index is 4.48. The van der Waals surface area contributed by atoms with E-state index in [1.807, 2.05) is 11.3 Å². The molecule has 2 heteroatoms. The number of hydrogen-bond acceptors (Lipinski definition) is 1. The highest BCUT2D eigenvalue weighted by Gasteiger charge is 2.24. The highest BCUT2D eigenvalue weighted by Crippen LogP contribution is 2.47. The molecule has 0 atom stereocenters. The van der Waals surface area contributed by atoms with Gasteiger partial charge in [-0.2, -0.15) is 0 Å². The van der Waals surface area contributed by atoms with Crippen molar-refractivity contribution >= 4 is 69.7 Å². The van der Waals surface area contributed by atoms with Gasteiger partial charge in [0.25, 0.3) is 0 Å². The number of nitrogens with zero attached hydrogens (tertiary/aromatic N) is 1. The van der Waals surface area contributed by atoms with Crippen molar-refractivity contribution in [3.05, 3.63) is 206 Å². The summed E-state index contributed by atoms with van der Waals surface area (Å²) in [6, 6.07) is 69.5. The molecular weight excluding hydrogens is 695 g/mol. The summed E-state index contributed by atoms with van der Waals surface area (Å²) in [5.74, 6) is 0. The Kier molecular flexibility index (Phi) is 6.72. The van der Waals surface area contributed by atoms with Crippen LogP contribution in [-0.4, -0.2) is 4.57 Å². The summed E-state index contributed by atoms with van der Waals surface area (Å²) in [6.45, 7) is 4.48. The van der Waals surface area contributed by atoms with Gasteiger partial charge in [-0.3, -0.25) is 0 Å². The van der Waals surface area contributed by atoms with Crippen molar-refractivity contribution in [1.29, 1.82) is 0 Å². The van der Waals surface area contributed by atoms with Crippen molar-refractivity contribution in [2.24, 2.45) is 0 Å². The highest BCUT2D eigenvalue weighted by atomic mass is 32.1. The van der Waals surface area contributed by atoms with Gasteiger partial charge in [-0.15, -0.1) is 11.3 Å². The Morgan fingerprint density at radius 1 is 0.339 bits per heavy atom. The molecule has 0 amide bonds. The predicted molar refractivity (Wildman–Crippen MR) is 241 cm³/mol. The van der Waals surface area contributed by atoms with E-state index < -0.39 is 0 Å². The summed E-state index contributed by atoms with van der Waals surface area (Å²) in [5.41, 5.74) is 16.9. The van der Waals surface area contributed by atoms with Gasteiger partial charge in [-0.05, 0) is 97.3 Å². The fourth-order valence-electron chi connectivity index (χ4n) is 9.32. The molecule has 0 saturated heterocycles. The van der Waals surface area contributed by atoms with Crippen molar-refractivity contribution in [2.75, 3.05) is 0 Å². The molecule has 11 aromatic rings. The molecule has 1 nitrogen and oxygen atoms in total. The summed E-state index contributed by atoms with van der Waals surface area (Å²) in [4.78, 5) is 0. The average Bonchev–Trinajstić information content (AvgIpc) is 3.90. The monoisotopic (exact) mass is 727 g/mol. The number of aromatic nitrogens is 1. The summed E-state index contributed by atoms with van der Waals surface area (Å²) in [5, 5.41) is 7.62. The normalized spacial score (nSPS) is 12.3. The number of hydrogen-bond donors (Lipinski definition) is 0. The van der Waals surface area contributed by atoms with Crippen LogP contribution in [0.15, 0.2) is 195 Å². The molecule has 0 N–H and O–H groups in total. The summed E-state index contributed by atoms with van der Waals surface area (Å²) < 4.78 is 5.16. The van der Waals surface area contributed by atoms with Crippen LogP contribution in [0.1, 0.15) is 11.1 Å². The lowest BCUT2D eigenvalue weighted by Gasteiger charge is -2.15. The second kappa shape index (κ2) is 12.0. The van der Waals surface area contributed by atoms with Crippen LogP contribution in [0.25, 0.3) is 109 Å². The van der Waals surface area contributed by atoms with Crippen LogP contribution in [-0.2, 0) is 0 Å². The topological polar surface area (TPSA) is 4.93 Å². The second-order valence-electron chi connectivity index (χ2n) is 14.9. The molecule has 260 valence electrons. The first-order valence-electron chi connectivity index (χ1n) is 19.2. The fourth-order valence-corrected chi connectivity index (χ4v) is 10.4. The number of benzene rings is 9. The quantitative estimate of drug-likeness (QED) is 0.170. The minimum absolute atomic E-state index is 1.10. The number of rotatable bonds is 4. The van der Waals surface area contributed by atoms with Crippen molar-refractivity contribution in [3.8, 4) is 50.2 Å². The maximum Gasteiger partial charge on any atom is 0.0619 e. The molecule has 0 fully saturated rings. The zero-order valence-electron chi connectivity index (χ0n) is 30.5. The minimum Gasteiger partial charge on any atom is -0.308 e. The fraction of sp³-hybridized carbons (Fsp3) is 0. The molecule has 1 aliphatic carbocycles. The van der Waals surface area contributed by atoms with Crippen molar-refractivity contribution in [2.45, 2.75) is 0 Å². The maximum absolute atomic E-state index is 4.48. The lowest BCUT2D eigenvalue weighted by atomic mass is 9.96. The zero-order chi connectivity index (χ0) is 36.9. The number of para-hydroxylation sites is 2. The molecule has 0 bridgehead atoms. The van der Waals surface area contributed by atoms with Gasteiger partial charge >= 0.3 is 0 Å². The molecule has 0 saturated carbocycles. The third-order valence-electron chi connectivity index (χ3n) is 11.9. The van der Waals surface area contributed by atoms with Crippen LogP contribution in [0.4, 0.5) is 0 Å². The van der Waals surface area contributed by atoms with E-state index in [4.69, 9.17) is 0 Å². The van der Waals surface area contributed by atoms with Gasteiger partial charge in [0.2, 0.25) is 0 Å². The largest absolute Gasteiger partial charge is 0.308 e. The van der Waals surface area contributed by atoms with Gasteiger partial charge in [-0.1, -0.05) is 158 Å². The molecule has 2 heterocycles. The van der Waals surface area contributed by atoms with Gasteiger partial charge < -0.3 is 4.57 Å². The van der Waals surface area contributed by atoms with Crippen LogP contribution in [0.5, 0.6) is 0 Å². The van der Waals surface area contributed by atoms with Crippen molar-refractivity contribution < 1.29 is 0 Å². The van der Waals surface area contributed by atoms with Gasteiger partial charge in [-0.25, -0.2) is 0 Å². The first-order valence-corrected chi connectivity index (χ1v) is 20.0. The number of thiophene rings is 1. The molecule has 56 heavy (non-hydrogen) atoms. The summed E-state index contributed by atoms with van der Waals surface area (Å²) in [7, 11) is 0. The van der Waals surface area contributed by atoms with Crippen molar-refractivity contribution in [3.63, 3.8) is 0 Å². The Hall–Kier alpha value is -7.00. The smallest absolute Gasteiger partial charge is 0.0619 e. The Balaban J connectivity index is 1.13. The molecule has 12 rings (SSSR count). The van der Waals surface area contributed by atoms with E-state index in [1.54, 1.807) is 0 Å². The van der Waals surface area contributed by atoms with Crippen LogP contribution < -0.4 is 0 Å². The van der Waals surface area contributed by atoms with Crippen LogP contribution in [0, 0.1) is 0 Å². The first-order chi connectivity index (χ1) is 27.7. The minimum atomic E-state index is 1.10. The lowest BCUT2D eigenvalue weighted by Crippen LogP contribution is -1.97. The molecular formula is C54H33NS. The van der Waals surface area contributed by atoms with Crippen LogP contribution >= 0.6 is 11.3 Å². The Bertz CT molecular complexity index is 3420. The van der Waals surface area contributed by atoms with Crippen LogP contribution in [0.3, 0.4) is 0 Å². The Labute approximate surface area is 328 Å². The molecule has 1 aliphatic rings. The molecule has 0 unspecified atom stereocenters. The summed E-state index contributed by atoms with van der Waals surface area (Å²) in [6.07, 6.45) is 0. The van der Waals surface area contributed by atoms with Crippen molar-refractivity contribution in [1.82, 2.24) is 4.57 Å². The van der Waals surface area contributed by atoms with E-state index in [0.717, 1.165) is 11.3 Å². The predicted octanol–water partition coefficient (Wildman–Crippen LogP) is 15.3. The third kappa shape index (κ3) is 4.54. The van der Waals surface area contributed by atoms with Gasteiger partial charge in [0.15, 0.2) is 0 Å². The van der Waals surface area contributed by atoms with E-state index in [2.05, 4.69) is 199 Å². The average molecular weight is 728 g/mol.